The van der Waals surface area contributed by atoms with E-state index in [1.807, 2.05) is 0 Å². The summed E-state index contributed by atoms with van der Waals surface area (Å²) in [5.41, 5.74) is 0.241. The molecule has 0 aliphatic carbocycles. The van der Waals surface area contributed by atoms with E-state index in [2.05, 4.69) is 25.3 Å². The minimum atomic E-state index is -3.01. The van der Waals surface area contributed by atoms with E-state index in [1.54, 1.807) is 18.5 Å². The van der Waals surface area contributed by atoms with Gasteiger partial charge in [0.15, 0.2) is 6.61 Å². The fourth-order valence-electron chi connectivity index (χ4n) is 1.85. The number of carbonyl (C=O) groups is 2. The molecular weight excluding hydrogens is 386 g/mol. The lowest BCUT2D eigenvalue weighted by Gasteiger charge is -2.10. The van der Waals surface area contributed by atoms with Gasteiger partial charge in [0.05, 0.1) is 11.4 Å². The molecule has 2 N–H and O–H groups in total. The number of rotatable bonds is 9. The summed E-state index contributed by atoms with van der Waals surface area (Å²) in [5.74, 6) is -1.04. The summed E-state index contributed by atoms with van der Waals surface area (Å²) in [6.07, 6.45) is 3.11. The third-order valence-corrected chi connectivity index (χ3v) is 3.27. The lowest BCUT2D eigenvalue weighted by Crippen LogP contribution is -2.22. The molecule has 27 heavy (non-hydrogen) atoms. The number of nitrogens with zero attached hydrogens (tertiary/aromatic N) is 2. The Hall–Kier alpha value is -3.01. The molecule has 1 aromatic heterocycles. The van der Waals surface area contributed by atoms with Crippen LogP contribution in [0.5, 0.6) is 5.75 Å². The van der Waals surface area contributed by atoms with E-state index in [-0.39, 0.29) is 29.4 Å². The number of amides is 1. The number of alkyl halides is 2. The van der Waals surface area contributed by atoms with Crippen LogP contribution < -0.4 is 15.4 Å². The van der Waals surface area contributed by atoms with Crippen LogP contribution in [-0.4, -0.2) is 41.6 Å². The normalized spacial score (nSPS) is 10.4. The van der Waals surface area contributed by atoms with Crippen LogP contribution >= 0.6 is 11.6 Å². The second-order valence-corrected chi connectivity index (χ2v) is 5.39. The number of ether oxygens (including phenoxy) is 2. The standard InChI is InChI=1S/C16H15ClF2N4O4/c17-11-8-10(2-3-12(11)27-15(18)19)23-13(24)9-26-14(25)4-7-22-16-20-5-1-6-21-16/h1-3,5-6,8,15H,4,7,9H2,(H,23,24)(H,20,21,22). The van der Waals surface area contributed by atoms with Crippen molar-refractivity contribution >= 4 is 35.1 Å². The van der Waals surface area contributed by atoms with E-state index < -0.39 is 25.1 Å². The first-order valence-corrected chi connectivity index (χ1v) is 8.02. The van der Waals surface area contributed by atoms with Gasteiger partial charge < -0.3 is 20.1 Å². The lowest BCUT2D eigenvalue weighted by atomic mass is 10.3. The number of esters is 1. The number of carbonyl (C=O) groups excluding carboxylic acids is 2. The number of nitrogens with one attached hydrogen (secondary N) is 2. The zero-order valence-electron chi connectivity index (χ0n) is 13.8. The van der Waals surface area contributed by atoms with Gasteiger partial charge in [0.2, 0.25) is 5.95 Å². The average Bonchev–Trinajstić information content (AvgIpc) is 2.63. The highest BCUT2D eigenvalue weighted by atomic mass is 35.5. The molecule has 2 rings (SSSR count). The van der Waals surface area contributed by atoms with Crippen LogP contribution in [0.25, 0.3) is 0 Å². The maximum absolute atomic E-state index is 12.2. The fraction of sp³-hybridized carbons (Fsp3) is 0.250. The molecular formula is C16H15ClF2N4O4. The number of aromatic nitrogens is 2. The topological polar surface area (TPSA) is 102 Å². The molecule has 11 heteroatoms. The van der Waals surface area contributed by atoms with Gasteiger partial charge in [-0.25, -0.2) is 9.97 Å². The fourth-order valence-corrected chi connectivity index (χ4v) is 2.08. The van der Waals surface area contributed by atoms with E-state index in [4.69, 9.17) is 16.3 Å². The number of hydrogen-bond donors (Lipinski definition) is 2. The van der Waals surface area contributed by atoms with Gasteiger partial charge in [-0.3, -0.25) is 9.59 Å². The first kappa shape index (κ1) is 20.3. The molecule has 1 aromatic carbocycles. The maximum atomic E-state index is 12.2. The number of halogens is 3. The predicted octanol–water partition coefficient (Wildman–Crippen LogP) is 2.72. The third-order valence-electron chi connectivity index (χ3n) is 2.97. The Morgan fingerprint density at radius 3 is 2.63 bits per heavy atom. The van der Waals surface area contributed by atoms with Crippen molar-refractivity contribution < 1.29 is 27.8 Å². The number of benzene rings is 1. The van der Waals surface area contributed by atoms with Gasteiger partial charge in [0.1, 0.15) is 5.75 Å². The van der Waals surface area contributed by atoms with Crippen molar-refractivity contribution in [2.75, 3.05) is 23.8 Å². The highest BCUT2D eigenvalue weighted by molar-refractivity contribution is 6.32. The van der Waals surface area contributed by atoms with Crippen LogP contribution in [0.15, 0.2) is 36.7 Å². The zero-order chi connectivity index (χ0) is 19.6. The van der Waals surface area contributed by atoms with Gasteiger partial charge >= 0.3 is 12.6 Å². The number of hydrogen-bond acceptors (Lipinski definition) is 7. The molecule has 0 saturated heterocycles. The first-order valence-electron chi connectivity index (χ1n) is 7.65. The molecule has 8 nitrogen and oxygen atoms in total. The van der Waals surface area contributed by atoms with Crippen molar-refractivity contribution in [2.24, 2.45) is 0 Å². The van der Waals surface area contributed by atoms with Gasteiger partial charge in [0.25, 0.3) is 5.91 Å². The van der Waals surface area contributed by atoms with Crippen molar-refractivity contribution in [3.63, 3.8) is 0 Å². The Bertz CT molecular complexity index is 780. The molecule has 2 aromatic rings. The van der Waals surface area contributed by atoms with Gasteiger partial charge in [-0.15, -0.1) is 0 Å². The summed E-state index contributed by atoms with van der Waals surface area (Å²) >= 11 is 5.78. The van der Waals surface area contributed by atoms with Gasteiger partial charge in [0, 0.05) is 24.6 Å². The van der Waals surface area contributed by atoms with E-state index in [0.29, 0.717) is 5.95 Å². The summed E-state index contributed by atoms with van der Waals surface area (Å²) in [5, 5.41) is 5.15. The molecule has 0 aliphatic heterocycles. The van der Waals surface area contributed by atoms with E-state index in [9.17, 15) is 18.4 Å². The minimum absolute atomic E-state index is 0.0109. The lowest BCUT2D eigenvalue weighted by molar-refractivity contribution is -0.147. The molecule has 0 atom stereocenters. The summed E-state index contributed by atoms with van der Waals surface area (Å²) in [6, 6.07) is 5.41. The van der Waals surface area contributed by atoms with Crippen molar-refractivity contribution in [1.29, 1.82) is 0 Å². The van der Waals surface area contributed by atoms with E-state index in [0.717, 1.165) is 0 Å². The minimum Gasteiger partial charge on any atom is -0.456 e. The zero-order valence-corrected chi connectivity index (χ0v) is 14.6. The Morgan fingerprint density at radius 2 is 1.96 bits per heavy atom. The highest BCUT2D eigenvalue weighted by Crippen LogP contribution is 2.28. The Morgan fingerprint density at radius 1 is 1.22 bits per heavy atom. The van der Waals surface area contributed by atoms with Crippen molar-refractivity contribution in [3.05, 3.63) is 41.7 Å². The van der Waals surface area contributed by atoms with Crippen LogP contribution in [0.4, 0.5) is 20.4 Å². The molecule has 0 radical (unpaired) electrons. The Balaban J connectivity index is 1.70. The predicted molar refractivity (Wildman–Crippen MR) is 92.8 cm³/mol. The van der Waals surface area contributed by atoms with E-state index >= 15 is 0 Å². The molecule has 0 unspecified atom stereocenters. The molecule has 144 valence electrons. The van der Waals surface area contributed by atoms with Gasteiger partial charge in [-0.1, -0.05) is 11.6 Å². The Kier molecular flexibility index (Phi) is 7.68. The van der Waals surface area contributed by atoms with E-state index in [1.165, 1.54) is 18.2 Å². The third kappa shape index (κ3) is 7.40. The summed E-state index contributed by atoms with van der Waals surface area (Å²) in [4.78, 5) is 31.2. The largest absolute Gasteiger partial charge is 0.456 e. The van der Waals surface area contributed by atoms with Crippen LogP contribution in [0.3, 0.4) is 0 Å². The van der Waals surface area contributed by atoms with Gasteiger partial charge in [-0.2, -0.15) is 8.78 Å². The molecule has 0 fully saturated rings. The summed E-state index contributed by atoms with van der Waals surface area (Å²) < 4.78 is 33.3. The molecule has 0 bridgehead atoms. The van der Waals surface area contributed by atoms with Crippen molar-refractivity contribution in [3.8, 4) is 5.75 Å². The molecule has 0 aliphatic rings. The molecule has 1 amide bonds. The Labute approximate surface area is 157 Å². The quantitative estimate of drug-likeness (QED) is 0.624. The first-order chi connectivity index (χ1) is 12.9. The SMILES string of the molecule is O=C(COC(=O)CCNc1ncccn1)Nc1ccc(OC(F)F)c(Cl)c1. The summed E-state index contributed by atoms with van der Waals surface area (Å²) in [6.45, 7) is -3.27. The van der Waals surface area contributed by atoms with Crippen LogP contribution in [0, 0.1) is 0 Å². The summed E-state index contributed by atoms with van der Waals surface area (Å²) in [7, 11) is 0. The molecule has 1 heterocycles. The van der Waals surface area contributed by atoms with Crippen LogP contribution in [0.1, 0.15) is 6.42 Å². The van der Waals surface area contributed by atoms with Crippen LogP contribution in [0.2, 0.25) is 5.02 Å². The second-order valence-electron chi connectivity index (χ2n) is 4.98. The highest BCUT2D eigenvalue weighted by Gasteiger charge is 2.12. The van der Waals surface area contributed by atoms with Crippen molar-refractivity contribution in [2.45, 2.75) is 13.0 Å². The van der Waals surface area contributed by atoms with Gasteiger partial charge in [-0.05, 0) is 24.3 Å². The monoisotopic (exact) mass is 400 g/mol. The molecule has 0 spiro atoms. The smallest absolute Gasteiger partial charge is 0.387 e. The van der Waals surface area contributed by atoms with Crippen molar-refractivity contribution in [1.82, 2.24) is 9.97 Å². The second kappa shape index (κ2) is 10.2. The van der Waals surface area contributed by atoms with Crippen LogP contribution in [-0.2, 0) is 14.3 Å². The molecule has 0 saturated carbocycles. The number of anilines is 2. The average molecular weight is 401 g/mol. The maximum Gasteiger partial charge on any atom is 0.387 e.